The molecule has 0 bridgehead atoms. The zero-order valence-corrected chi connectivity index (χ0v) is 19.0. The summed E-state index contributed by atoms with van der Waals surface area (Å²) in [5, 5.41) is 16.8. The molecule has 34 heavy (non-hydrogen) atoms. The van der Waals surface area contributed by atoms with Crippen molar-refractivity contribution in [1.82, 2.24) is 20.6 Å². The number of carbonyl (C=O) groups excluding carboxylic acids is 2. The second kappa shape index (κ2) is 11.1. The van der Waals surface area contributed by atoms with Crippen LogP contribution in [-0.2, 0) is 9.53 Å². The molecule has 10 heteroatoms. The van der Waals surface area contributed by atoms with E-state index in [0.717, 1.165) is 15.4 Å². The molecule has 0 atom stereocenters. The minimum atomic E-state index is -0.495. The molecule has 4 rings (SSSR count). The predicted octanol–water partition coefficient (Wildman–Crippen LogP) is 4.21. The van der Waals surface area contributed by atoms with E-state index < -0.39 is 5.97 Å². The highest BCUT2D eigenvalue weighted by molar-refractivity contribution is 7.99. The highest BCUT2D eigenvalue weighted by Gasteiger charge is 2.16. The first kappa shape index (κ1) is 23.0. The standard InChI is InChI=1S/C24H21N5O4S/c1-2-32-22(30)15-33-20-9-5-3-7-18(20)24(31)25-19-8-4-6-10-21(19)34-17-13-11-16(12-14-17)23-26-28-29-27-23/h3-14H,2,15H2,1H3,(H,25,31)(H,26,27,28,29). The number of aromatic nitrogens is 4. The molecule has 0 aliphatic heterocycles. The maximum atomic E-state index is 13.0. The van der Waals surface area contributed by atoms with E-state index in [2.05, 4.69) is 25.9 Å². The summed E-state index contributed by atoms with van der Waals surface area (Å²) in [6, 6.07) is 22.0. The van der Waals surface area contributed by atoms with E-state index in [0.29, 0.717) is 22.8 Å². The van der Waals surface area contributed by atoms with Crippen LogP contribution in [0.15, 0.2) is 82.6 Å². The van der Waals surface area contributed by atoms with Gasteiger partial charge in [-0.15, -0.1) is 5.10 Å². The Labute approximate surface area is 199 Å². The second-order valence-electron chi connectivity index (χ2n) is 6.92. The molecule has 9 nitrogen and oxygen atoms in total. The zero-order valence-electron chi connectivity index (χ0n) is 18.2. The summed E-state index contributed by atoms with van der Waals surface area (Å²) in [5.41, 5.74) is 1.84. The molecule has 3 aromatic carbocycles. The molecule has 0 aliphatic rings. The molecular weight excluding hydrogens is 454 g/mol. The molecule has 1 amide bonds. The fourth-order valence-corrected chi connectivity index (χ4v) is 3.96. The lowest BCUT2D eigenvalue weighted by atomic mass is 10.2. The first-order valence-corrected chi connectivity index (χ1v) is 11.3. The Morgan fingerprint density at radius 3 is 2.53 bits per heavy atom. The monoisotopic (exact) mass is 475 g/mol. The van der Waals surface area contributed by atoms with Gasteiger partial charge in [-0.05, 0) is 53.7 Å². The topological polar surface area (TPSA) is 119 Å². The van der Waals surface area contributed by atoms with Gasteiger partial charge in [0.15, 0.2) is 12.4 Å². The van der Waals surface area contributed by atoms with Gasteiger partial charge < -0.3 is 14.8 Å². The Hall–Kier alpha value is -4.18. The first-order valence-electron chi connectivity index (χ1n) is 10.4. The maximum Gasteiger partial charge on any atom is 0.344 e. The maximum absolute atomic E-state index is 13.0. The van der Waals surface area contributed by atoms with Crippen LogP contribution in [0.25, 0.3) is 11.4 Å². The minimum Gasteiger partial charge on any atom is -0.481 e. The average molecular weight is 476 g/mol. The third-order valence-electron chi connectivity index (χ3n) is 4.62. The Kier molecular flexibility index (Phi) is 7.51. The number of carbonyl (C=O) groups is 2. The second-order valence-corrected chi connectivity index (χ2v) is 8.03. The van der Waals surface area contributed by atoms with Crippen LogP contribution in [0.4, 0.5) is 5.69 Å². The van der Waals surface area contributed by atoms with Crippen molar-refractivity contribution in [3.05, 3.63) is 78.4 Å². The van der Waals surface area contributed by atoms with Gasteiger partial charge in [0.2, 0.25) is 0 Å². The van der Waals surface area contributed by atoms with Crippen molar-refractivity contribution in [2.24, 2.45) is 0 Å². The van der Waals surface area contributed by atoms with Crippen LogP contribution >= 0.6 is 11.8 Å². The Morgan fingerprint density at radius 1 is 1.00 bits per heavy atom. The number of para-hydroxylation sites is 2. The van der Waals surface area contributed by atoms with E-state index in [1.807, 2.05) is 48.5 Å². The van der Waals surface area contributed by atoms with Crippen molar-refractivity contribution in [2.45, 2.75) is 16.7 Å². The number of H-pyrrole nitrogens is 1. The summed E-state index contributed by atoms with van der Waals surface area (Å²) >= 11 is 1.51. The lowest BCUT2D eigenvalue weighted by Gasteiger charge is -2.13. The summed E-state index contributed by atoms with van der Waals surface area (Å²) in [6.07, 6.45) is 0. The molecule has 0 fully saturated rings. The Morgan fingerprint density at radius 2 is 1.76 bits per heavy atom. The van der Waals surface area contributed by atoms with Crippen LogP contribution in [0.1, 0.15) is 17.3 Å². The van der Waals surface area contributed by atoms with Gasteiger partial charge in [-0.3, -0.25) is 4.79 Å². The number of hydrogen-bond acceptors (Lipinski definition) is 8. The van der Waals surface area contributed by atoms with E-state index in [1.54, 1.807) is 31.2 Å². The number of amides is 1. The molecule has 1 heterocycles. The van der Waals surface area contributed by atoms with E-state index in [1.165, 1.54) is 11.8 Å². The van der Waals surface area contributed by atoms with Crippen molar-refractivity contribution < 1.29 is 19.1 Å². The fourth-order valence-electron chi connectivity index (χ4n) is 3.06. The van der Waals surface area contributed by atoms with Crippen molar-refractivity contribution in [1.29, 1.82) is 0 Å². The molecule has 0 radical (unpaired) electrons. The summed E-state index contributed by atoms with van der Waals surface area (Å²) in [4.78, 5) is 26.5. The van der Waals surface area contributed by atoms with Crippen molar-refractivity contribution in [3.63, 3.8) is 0 Å². The van der Waals surface area contributed by atoms with Gasteiger partial charge in [-0.25, -0.2) is 9.89 Å². The largest absolute Gasteiger partial charge is 0.481 e. The molecule has 0 saturated carbocycles. The van der Waals surface area contributed by atoms with Crippen LogP contribution < -0.4 is 10.1 Å². The zero-order chi connectivity index (χ0) is 23.8. The molecule has 0 saturated heterocycles. The summed E-state index contributed by atoms with van der Waals surface area (Å²) < 4.78 is 10.4. The molecule has 0 aliphatic carbocycles. The number of tetrazole rings is 1. The highest BCUT2D eigenvalue weighted by atomic mass is 32.2. The predicted molar refractivity (Wildman–Crippen MR) is 127 cm³/mol. The molecule has 0 spiro atoms. The molecule has 2 N–H and O–H groups in total. The smallest absolute Gasteiger partial charge is 0.344 e. The molecular formula is C24H21N5O4S. The normalized spacial score (nSPS) is 10.5. The van der Waals surface area contributed by atoms with E-state index in [9.17, 15) is 9.59 Å². The summed E-state index contributed by atoms with van der Waals surface area (Å²) in [6.45, 7) is 1.71. The van der Waals surface area contributed by atoms with Crippen molar-refractivity contribution >= 4 is 29.3 Å². The van der Waals surface area contributed by atoms with Crippen molar-refractivity contribution in [2.75, 3.05) is 18.5 Å². The third kappa shape index (κ3) is 5.78. The lowest BCUT2D eigenvalue weighted by Crippen LogP contribution is -2.18. The van der Waals surface area contributed by atoms with Gasteiger partial charge in [0.05, 0.1) is 17.9 Å². The van der Waals surface area contributed by atoms with Crippen LogP contribution in [0, 0.1) is 0 Å². The Balaban J connectivity index is 1.47. The molecule has 1 aromatic heterocycles. The fraction of sp³-hybridized carbons (Fsp3) is 0.125. The van der Waals surface area contributed by atoms with Crippen LogP contribution in [0.5, 0.6) is 5.75 Å². The first-order chi connectivity index (χ1) is 16.6. The molecule has 0 unspecified atom stereocenters. The van der Waals surface area contributed by atoms with Gasteiger partial charge >= 0.3 is 5.97 Å². The van der Waals surface area contributed by atoms with E-state index in [4.69, 9.17) is 9.47 Å². The number of nitrogens with one attached hydrogen (secondary N) is 2. The average Bonchev–Trinajstić information content (AvgIpc) is 3.40. The summed E-state index contributed by atoms with van der Waals surface area (Å²) in [7, 11) is 0. The van der Waals surface area contributed by atoms with Gasteiger partial charge in [0, 0.05) is 15.4 Å². The quantitative estimate of drug-likeness (QED) is 0.346. The van der Waals surface area contributed by atoms with Gasteiger partial charge in [-0.2, -0.15) is 0 Å². The van der Waals surface area contributed by atoms with E-state index in [-0.39, 0.29) is 19.1 Å². The number of nitrogens with zero attached hydrogens (tertiary/aromatic N) is 3. The number of aromatic amines is 1. The van der Waals surface area contributed by atoms with Crippen LogP contribution in [0.2, 0.25) is 0 Å². The van der Waals surface area contributed by atoms with E-state index >= 15 is 0 Å². The summed E-state index contributed by atoms with van der Waals surface area (Å²) in [5.74, 6) is 0.0504. The number of esters is 1. The molecule has 4 aromatic rings. The minimum absolute atomic E-state index is 0.263. The van der Waals surface area contributed by atoms with Gasteiger partial charge in [0.25, 0.3) is 5.91 Å². The van der Waals surface area contributed by atoms with Crippen LogP contribution in [-0.4, -0.2) is 45.7 Å². The van der Waals surface area contributed by atoms with Gasteiger partial charge in [0.1, 0.15) is 5.75 Å². The number of anilines is 1. The molecule has 172 valence electrons. The lowest BCUT2D eigenvalue weighted by molar-refractivity contribution is -0.145. The number of rotatable bonds is 9. The van der Waals surface area contributed by atoms with Crippen LogP contribution in [0.3, 0.4) is 0 Å². The van der Waals surface area contributed by atoms with Gasteiger partial charge in [-0.1, -0.05) is 48.2 Å². The van der Waals surface area contributed by atoms with Crippen molar-refractivity contribution in [3.8, 4) is 17.1 Å². The number of hydrogen-bond donors (Lipinski definition) is 2. The Bertz CT molecular complexity index is 1260. The highest BCUT2D eigenvalue weighted by Crippen LogP contribution is 2.34. The number of ether oxygens (including phenoxy) is 2. The third-order valence-corrected chi connectivity index (χ3v) is 5.70. The SMILES string of the molecule is CCOC(=O)COc1ccccc1C(=O)Nc1ccccc1Sc1ccc(-c2nnn[nH]2)cc1. The number of benzene rings is 3.